The SMILES string of the molecule is CCCCCCCCCCCCCCCCCCCCCC=CC(C)CC([P+](=O)[O-])[N+](C)(C)C. The highest BCUT2D eigenvalue weighted by Gasteiger charge is 2.36. The van der Waals surface area contributed by atoms with E-state index >= 15 is 0 Å². The van der Waals surface area contributed by atoms with Gasteiger partial charge in [-0.15, -0.1) is 0 Å². The number of allylic oxidation sites excluding steroid dienone is 2. The van der Waals surface area contributed by atoms with Gasteiger partial charge in [0.15, 0.2) is 0 Å². The highest BCUT2D eigenvalue weighted by Crippen LogP contribution is 2.30. The minimum Gasteiger partial charge on any atom is -0.591 e. The smallest absolute Gasteiger partial charge is 0.373 e. The van der Waals surface area contributed by atoms with Gasteiger partial charge in [0.1, 0.15) is 0 Å². The summed E-state index contributed by atoms with van der Waals surface area (Å²) in [5.74, 6) is 0.0140. The van der Waals surface area contributed by atoms with Gasteiger partial charge in [-0.25, -0.2) is 0 Å². The van der Waals surface area contributed by atoms with Crippen LogP contribution in [0, 0.1) is 5.92 Å². The van der Waals surface area contributed by atoms with Crippen LogP contribution >= 0.6 is 8.03 Å². The molecular weight excluding hydrogens is 437 g/mol. The first-order chi connectivity index (χ1) is 16.3. The van der Waals surface area contributed by atoms with Crippen molar-refractivity contribution in [1.82, 2.24) is 0 Å². The molecule has 0 aromatic heterocycles. The Balaban J connectivity index is 3.40. The summed E-state index contributed by atoms with van der Waals surface area (Å²) in [6.45, 7) is 4.42. The van der Waals surface area contributed by atoms with E-state index < -0.39 is 8.03 Å². The normalized spacial score (nSPS) is 14.6. The van der Waals surface area contributed by atoms with Crippen LogP contribution in [0.3, 0.4) is 0 Å². The third-order valence-electron chi connectivity index (χ3n) is 7.16. The molecule has 202 valence electrons. The molecule has 0 aliphatic carbocycles. The molecular formula is C30H61NO2P+. The Morgan fingerprint density at radius 2 is 1.03 bits per heavy atom. The fraction of sp³-hybridized carbons (Fsp3) is 0.933. The molecule has 0 saturated heterocycles. The van der Waals surface area contributed by atoms with Gasteiger partial charge < -0.3 is 4.89 Å². The van der Waals surface area contributed by atoms with Crippen LogP contribution in [0.5, 0.6) is 0 Å². The predicted molar refractivity (Wildman–Crippen MR) is 150 cm³/mol. The van der Waals surface area contributed by atoms with Gasteiger partial charge in [-0.2, -0.15) is 0 Å². The second-order valence-electron chi connectivity index (χ2n) is 11.7. The van der Waals surface area contributed by atoms with Crippen molar-refractivity contribution in [3.05, 3.63) is 12.2 Å². The van der Waals surface area contributed by atoms with E-state index in [4.69, 9.17) is 0 Å². The van der Waals surface area contributed by atoms with Crippen LogP contribution in [-0.2, 0) is 4.57 Å². The third kappa shape index (κ3) is 22.2. The maximum Gasteiger partial charge on any atom is 0.373 e. The molecule has 0 radical (unpaired) electrons. The summed E-state index contributed by atoms with van der Waals surface area (Å²) in [5.41, 5.74) is 0. The molecule has 0 fully saturated rings. The monoisotopic (exact) mass is 498 g/mol. The zero-order valence-electron chi connectivity index (χ0n) is 23.9. The molecule has 0 aromatic carbocycles. The van der Waals surface area contributed by atoms with Crippen molar-refractivity contribution >= 4 is 8.03 Å². The van der Waals surface area contributed by atoms with Crippen molar-refractivity contribution < 1.29 is 13.9 Å². The summed E-state index contributed by atoms with van der Waals surface area (Å²) in [7, 11) is 3.50. The molecule has 0 aromatic rings. The molecule has 0 amide bonds. The average Bonchev–Trinajstić information content (AvgIpc) is 2.77. The summed E-state index contributed by atoms with van der Waals surface area (Å²) in [6.07, 6.45) is 33.2. The minimum atomic E-state index is -2.39. The van der Waals surface area contributed by atoms with Gasteiger partial charge in [-0.3, -0.25) is 4.48 Å². The first-order valence-electron chi connectivity index (χ1n) is 14.9. The fourth-order valence-corrected chi connectivity index (χ4v) is 5.84. The van der Waals surface area contributed by atoms with Crippen molar-refractivity contribution in [2.45, 2.75) is 154 Å². The lowest BCUT2D eigenvalue weighted by molar-refractivity contribution is -0.883. The van der Waals surface area contributed by atoms with Gasteiger partial charge in [-0.05, 0) is 18.8 Å². The van der Waals surface area contributed by atoms with E-state index in [1.54, 1.807) is 0 Å². The van der Waals surface area contributed by atoms with Crippen LogP contribution in [0.25, 0.3) is 0 Å². The first kappa shape index (κ1) is 33.8. The van der Waals surface area contributed by atoms with Gasteiger partial charge in [0, 0.05) is 0 Å². The van der Waals surface area contributed by atoms with Crippen LogP contribution in [0.4, 0.5) is 0 Å². The molecule has 4 heteroatoms. The van der Waals surface area contributed by atoms with Crippen molar-refractivity contribution in [3.63, 3.8) is 0 Å². The average molecular weight is 499 g/mol. The van der Waals surface area contributed by atoms with Crippen molar-refractivity contribution in [2.24, 2.45) is 5.92 Å². The molecule has 0 aliphatic heterocycles. The van der Waals surface area contributed by atoms with E-state index in [-0.39, 0.29) is 5.78 Å². The lowest BCUT2D eigenvalue weighted by Crippen LogP contribution is -2.44. The van der Waals surface area contributed by atoms with E-state index in [1.807, 2.05) is 21.1 Å². The molecule has 3 atom stereocenters. The Labute approximate surface area is 215 Å². The molecule has 3 unspecified atom stereocenters. The zero-order chi connectivity index (χ0) is 25.5. The number of hydrogen-bond donors (Lipinski definition) is 0. The van der Waals surface area contributed by atoms with E-state index in [1.165, 1.54) is 122 Å². The predicted octanol–water partition coefficient (Wildman–Crippen LogP) is 9.53. The Morgan fingerprint density at radius 1 is 0.676 bits per heavy atom. The van der Waals surface area contributed by atoms with Gasteiger partial charge in [-0.1, -0.05) is 146 Å². The van der Waals surface area contributed by atoms with E-state index in [9.17, 15) is 9.46 Å². The number of rotatable bonds is 25. The molecule has 0 saturated carbocycles. The summed E-state index contributed by atoms with van der Waals surface area (Å²) < 4.78 is 12.0. The number of unbranched alkanes of at least 4 members (excludes halogenated alkanes) is 19. The highest BCUT2D eigenvalue weighted by molar-refractivity contribution is 7.37. The Morgan fingerprint density at radius 3 is 1.35 bits per heavy atom. The third-order valence-corrected chi connectivity index (χ3v) is 8.55. The minimum absolute atomic E-state index is 0.301. The summed E-state index contributed by atoms with van der Waals surface area (Å²) in [5, 5.41) is 0. The van der Waals surface area contributed by atoms with Crippen molar-refractivity contribution in [2.75, 3.05) is 21.1 Å². The van der Waals surface area contributed by atoms with Crippen LogP contribution in [0.15, 0.2) is 12.2 Å². The lowest BCUT2D eigenvalue weighted by atomic mass is 10.0. The van der Waals surface area contributed by atoms with Crippen molar-refractivity contribution in [3.8, 4) is 0 Å². The fourth-order valence-electron chi connectivity index (χ4n) is 4.77. The number of hydrogen-bond acceptors (Lipinski definition) is 2. The summed E-state index contributed by atoms with van der Waals surface area (Å²) in [4.78, 5) is 11.5. The molecule has 0 N–H and O–H groups in total. The molecule has 34 heavy (non-hydrogen) atoms. The molecule has 0 rings (SSSR count). The summed E-state index contributed by atoms with van der Waals surface area (Å²) in [6, 6.07) is 0. The molecule has 0 heterocycles. The molecule has 0 aliphatic rings. The standard InChI is InChI=1S/C30H61NO2P/c1-6-7-8-9-10-11-12-13-14-15-16-17-18-19-20-21-22-23-24-25-26-27-29(2)28-30(34(32)33)31(3,4)5/h26-27,29-30H,6-25,28H2,1-5H3/q+1. The van der Waals surface area contributed by atoms with E-state index in [0.29, 0.717) is 16.8 Å². The van der Waals surface area contributed by atoms with Gasteiger partial charge in [0.2, 0.25) is 0 Å². The van der Waals surface area contributed by atoms with Crippen LogP contribution < -0.4 is 4.89 Å². The Kier molecular flexibility index (Phi) is 23.0. The summed E-state index contributed by atoms with van der Waals surface area (Å²) >= 11 is 0. The van der Waals surface area contributed by atoms with E-state index in [0.717, 1.165) is 6.42 Å². The quantitative estimate of drug-likeness (QED) is 0.0544. The lowest BCUT2D eigenvalue weighted by Gasteiger charge is -2.28. The first-order valence-corrected chi connectivity index (χ1v) is 16.1. The van der Waals surface area contributed by atoms with Crippen LogP contribution in [0.1, 0.15) is 149 Å². The van der Waals surface area contributed by atoms with Crippen LogP contribution in [0.2, 0.25) is 0 Å². The van der Waals surface area contributed by atoms with Gasteiger partial charge in [0.25, 0.3) is 5.78 Å². The Hall–Kier alpha value is -0.240. The second kappa shape index (κ2) is 23.2. The molecule has 0 spiro atoms. The largest absolute Gasteiger partial charge is 0.591 e. The van der Waals surface area contributed by atoms with Crippen LogP contribution in [-0.4, -0.2) is 31.4 Å². The second-order valence-corrected chi connectivity index (χ2v) is 12.8. The molecule has 0 bridgehead atoms. The number of nitrogens with zero attached hydrogens (tertiary/aromatic N) is 1. The highest BCUT2D eigenvalue weighted by atomic mass is 31.1. The molecule has 3 nitrogen and oxygen atoms in total. The topological polar surface area (TPSA) is 40.1 Å². The van der Waals surface area contributed by atoms with E-state index in [2.05, 4.69) is 26.0 Å². The van der Waals surface area contributed by atoms with Gasteiger partial charge >= 0.3 is 8.03 Å². The maximum atomic E-state index is 11.5. The van der Waals surface area contributed by atoms with Gasteiger partial charge in [0.05, 0.1) is 27.6 Å². The Bertz CT molecular complexity index is 487. The maximum absolute atomic E-state index is 11.5. The number of quaternary nitrogens is 1. The van der Waals surface area contributed by atoms with Crippen molar-refractivity contribution in [1.29, 1.82) is 0 Å². The zero-order valence-corrected chi connectivity index (χ0v) is 24.8.